The van der Waals surface area contributed by atoms with Gasteiger partial charge in [0.15, 0.2) is 0 Å². The highest BCUT2D eigenvalue weighted by molar-refractivity contribution is 5.79. The van der Waals surface area contributed by atoms with E-state index in [1.165, 1.54) is 0 Å². The first-order chi connectivity index (χ1) is 9.65. The summed E-state index contributed by atoms with van der Waals surface area (Å²) in [7, 11) is 1.86. The molecule has 1 aliphatic carbocycles. The molecule has 2 fully saturated rings. The minimum atomic E-state index is -0.806. The third-order valence-electron chi connectivity index (χ3n) is 5.42. The number of urea groups is 1. The summed E-state index contributed by atoms with van der Waals surface area (Å²) in [6.07, 6.45) is 4.91. The number of hydrogen-bond donors (Lipinski definition) is 1. The van der Waals surface area contributed by atoms with Crippen molar-refractivity contribution in [2.45, 2.75) is 58.9 Å². The lowest BCUT2D eigenvalue weighted by Gasteiger charge is -2.39. The Bertz CT molecular complexity index is 425. The van der Waals surface area contributed by atoms with Gasteiger partial charge in [0.1, 0.15) is 0 Å². The number of carboxylic acids is 1. The van der Waals surface area contributed by atoms with Crippen LogP contribution in [0.15, 0.2) is 0 Å². The van der Waals surface area contributed by atoms with E-state index in [4.69, 9.17) is 0 Å². The highest BCUT2D eigenvalue weighted by Gasteiger charge is 2.43. The van der Waals surface area contributed by atoms with Gasteiger partial charge in [0.25, 0.3) is 0 Å². The number of carbonyl (C=O) groups excluding carboxylic acids is 1. The van der Waals surface area contributed by atoms with E-state index >= 15 is 0 Å². The van der Waals surface area contributed by atoms with E-state index in [0.717, 1.165) is 25.7 Å². The number of carbonyl (C=O) groups is 2. The second-order valence-corrected chi connectivity index (χ2v) is 7.83. The zero-order chi connectivity index (χ0) is 15.8. The molecule has 21 heavy (non-hydrogen) atoms. The normalized spacial score (nSPS) is 29.4. The summed E-state index contributed by atoms with van der Waals surface area (Å²) in [4.78, 5) is 27.4. The van der Waals surface area contributed by atoms with Crippen molar-refractivity contribution >= 4 is 12.0 Å². The van der Waals surface area contributed by atoms with Crippen molar-refractivity contribution in [2.24, 2.45) is 10.8 Å². The lowest BCUT2D eigenvalue weighted by molar-refractivity contribution is -0.147. The van der Waals surface area contributed by atoms with Crippen LogP contribution >= 0.6 is 0 Å². The van der Waals surface area contributed by atoms with Gasteiger partial charge in [-0.25, -0.2) is 4.79 Å². The average Bonchev–Trinajstić information content (AvgIpc) is 2.81. The van der Waals surface area contributed by atoms with Crippen LogP contribution in [-0.2, 0) is 4.79 Å². The molecule has 2 amide bonds. The van der Waals surface area contributed by atoms with E-state index in [2.05, 4.69) is 13.8 Å². The molecule has 0 radical (unpaired) electrons. The smallest absolute Gasteiger partial charge is 0.320 e. The molecular formula is C16H28N2O3. The van der Waals surface area contributed by atoms with Gasteiger partial charge < -0.3 is 14.9 Å². The minimum Gasteiger partial charge on any atom is -0.481 e. The van der Waals surface area contributed by atoms with Crippen LogP contribution in [0, 0.1) is 10.8 Å². The first-order valence-electron chi connectivity index (χ1n) is 7.90. The average molecular weight is 296 g/mol. The lowest BCUT2D eigenvalue weighted by atomic mass is 9.75. The SMILES string of the molecule is CN(C(=O)N1CCC(C)(C(=O)O)C1)C1CCC(C)(C)CC1. The third-order valence-corrected chi connectivity index (χ3v) is 5.42. The van der Waals surface area contributed by atoms with Crippen LogP contribution in [0.5, 0.6) is 0 Å². The van der Waals surface area contributed by atoms with Crippen molar-refractivity contribution in [1.29, 1.82) is 0 Å². The predicted octanol–water partition coefficient (Wildman–Crippen LogP) is 2.80. The Labute approximate surface area is 127 Å². The molecule has 0 aromatic heterocycles. The molecule has 0 aromatic carbocycles. The van der Waals surface area contributed by atoms with Gasteiger partial charge in [-0.3, -0.25) is 4.79 Å². The fourth-order valence-corrected chi connectivity index (χ4v) is 3.45. The topological polar surface area (TPSA) is 60.9 Å². The summed E-state index contributed by atoms with van der Waals surface area (Å²) in [6, 6.07) is 0.284. The second kappa shape index (κ2) is 5.50. The summed E-state index contributed by atoms with van der Waals surface area (Å²) in [5.74, 6) is -0.806. The molecule has 1 saturated carbocycles. The van der Waals surface area contributed by atoms with Crippen LogP contribution in [0.3, 0.4) is 0 Å². The quantitative estimate of drug-likeness (QED) is 0.852. The first-order valence-corrected chi connectivity index (χ1v) is 7.90. The van der Waals surface area contributed by atoms with Gasteiger partial charge in [-0.15, -0.1) is 0 Å². The first kappa shape index (κ1) is 16.1. The van der Waals surface area contributed by atoms with Crippen molar-refractivity contribution in [1.82, 2.24) is 9.80 Å². The molecule has 1 aliphatic heterocycles. The number of nitrogens with zero attached hydrogens (tertiary/aromatic N) is 2. The maximum Gasteiger partial charge on any atom is 0.320 e. The summed E-state index contributed by atoms with van der Waals surface area (Å²) in [6.45, 7) is 7.16. The lowest BCUT2D eigenvalue weighted by Crippen LogP contribution is -2.47. The Morgan fingerprint density at radius 2 is 1.71 bits per heavy atom. The highest BCUT2D eigenvalue weighted by Crippen LogP contribution is 2.37. The van der Waals surface area contributed by atoms with E-state index in [-0.39, 0.29) is 6.03 Å². The van der Waals surface area contributed by atoms with Gasteiger partial charge in [-0.2, -0.15) is 0 Å². The number of aliphatic carboxylic acids is 1. The zero-order valence-electron chi connectivity index (χ0n) is 13.7. The van der Waals surface area contributed by atoms with E-state index in [0.29, 0.717) is 31.0 Å². The Morgan fingerprint density at radius 1 is 1.14 bits per heavy atom. The Kier molecular flexibility index (Phi) is 4.22. The maximum atomic E-state index is 12.6. The number of carboxylic acid groups (broad SMARTS) is 1. The molecule has 0 spiro atoms. The number of likely N-dealkylation sites (tertiary alicyclic amines) is 1. The molecule has 5 heteroatoms. The molecular weight excluding hydrogens is 268 g/mol. The summed E-state index contributed by atoms with van der Waals surface area (Å²) in [5, 5.41) is 9.27. The van der Waals surface area contributed by atoms with Gasteiger partial charge in [-0.05, 0) is 44.4 Å². The maximum absolute atomic E-state index is 12.6. The van der Waals surface area contributed by atoms with Crippen LogP contribution in [0.25, 0.3) is 0 Å². The molecule has 5 nitrogen and oxygen atoms in total. The van der Waals surface area contributed by atoms with Crippen LogP contribution in [0.1, 0.15) is 52.9 Å². The summed E-state index contributed by atoms with van der Waals surface area (Å²) in [5.41, 5.74) is -0.402. The van der Waals surface area contributed by atoms with Crippen LogP contribution in [0.2, 0.25) is 0 Å². The largest absolute Gasteiger partial charge is 0.481 e. The van der Waals surface area contributed by atoms with Crippen LogP contribution < -0.4 is 0 Å². The molecule has 2 rings (SSSR count). The molecule has 2 aliphatic rings. The number of hydrogen-bond acceptors (Lipinski definition) is 2. The van der Waals surface area contributed by atoms with Crippen molar-refractivity contribution in [3.05, 3.63) is 0 Å². The molecule has 0 aromatic rings. The molecule has 1 atom stereocenters. The third kappa shape index (κ3) is 3.33. The standard InChI is InChI=1S/C16H28N2O3/c1-15(2)7-5-12(6-8-15)17(4)14(21)18-10-9-16(3,11-18)13(19)20/h12H,5-11H2,1-4H3,(H,19,20). The van der Waals surface area contributed by atoms with Crippen molar-refractivity contribution in [2.75, 3.05) is 20.1 Å². The fraction of sp³-hybridized carbons (Fsp3) is 0.875. The highest BCUT2D eigenvalue weighted by atomic mass is 16.4. The second-order valence-electron chi connectivity index (χ2n) is 7.83. The number of amides is 2. The molecule has 1 heterocycles. The molecule has 120 valence electrons. The Morgan fingerprint density at radius 3 is 2.19 bits per heavy atom. The van der Waals surface area contributed by atoms with Gasteiger partial charge in [0.2, 0.25) is 0 Å². The van der Waals surface area contributed by atoms with Gasteiger partial charge in [0, 0.05) is 26.2 Å². The van der Waals surface area contributed by atoms with Crippen LogP contribution in [-0.4, -0.2) is 53.1 Å². The van der Waals surface area contributed by atoms with Crippen molar-refractivity contribution in [3.8, 4) is 0 Å². The van der Waals surface area contributed by atoms with E-state index in [1.54, 1.807) is 11.8 Å². The van der Waals surface area contributed by atoms with Crippen molar-refractivity contribution in [3.63, 3.8) is 0 Å². The number of rotatable bonds is 2. The molecule has 0 bridgehead atoms. The molecule has 1 unspecified atom stereocenters. The molecule has 1 N–H and O–H groups in total. The van der Waals surface area contributed by atoms with Gasteiger partial charge in [-0.1, -0.05) is 13.8 Å². The van der Waals surface area contributed by atoms with Gasteiger partial charge in [0.05, 0.1) is 5.41 Å². The predicted molar refractivity (Wildman–Crippen MR) is 81.1 cm³/mol. The zero-order valence-corrected chi connectivity index (χ0v) is 13.7. The monoisotopic (exact) mass is 296 g/mol. The van der Waals surface area contributed by atoms with E-state index < -0.39 is 11.4 Å². The van der Waals surface area contributed by atoms with Crippen molar-refractivity contribution < 1.29 is 14.7 Å². The molecule has 1 saturated heterocycles. The van der Waals surface area contributed by atoms with Gasteiger partial charge >= 0.3 is 12.0 Å². The van der Waals surface area contributed by atoms with Crippen LogP contribution in [0.4, 0.5) is 4.79 Å². The Hall–Kier alpha value is -1.26. The minimum absolute atomic E-state index is 0.00955. The summed E-state index contributed by atoms with van der Waals surface area (Å²) < 4.78 is 0. The van der Waals surface area contributed by atoms with E-state index in [1.807, 2.05) is 11.9 Å². The summed E-state index contributed by atoms with van der Waals surface area (Å²) >= 11 is 0. The van der Waals surface area contributed by atoms with E-state index in [9.17, 15) is 14.7 Å². The Balaban J connectivity index is 1.94. The fourth-order valence-electron chi connectivity index (χ4n) is 3.45.